The fraction of sp³-hybridized carbons (Fsp3) is 0.0476. The molecule has 0 saturated carbocycles. The van der Waals surface area contributed by atoms with Crippen molar-refractivity contribution < 1.29 is 4.74 Å². The van der Waals surface area contributed by atoms with Crippen molar-refractivity contribution in [3.8, 4) is 5.75 Å². The third-order valence-corrected chi connectivity index (χ3v) is 3.99. The predicted octanol–water partition coefficient (Wildman–Crippen LogP) is 5.48. The van der Waals surface area contributed by atoms with E-state index in [1.54, 1.807) is 12.4 Å². The van der Waals surface area contributed by atoms with Crippen molar-refractivity contribution in [1.29, 1.82) is 0 Å². The number of ether oxygens (including phenoxy) is 1. The average Bonchev–Trinajstić information content (AvgIpc) is 2.66. The van der Waals surface area contributed by atoms with Crippen LogP contribution in [0.25, 0.3) is 0 Å². The molecule has 0 aliphatic carbocycles. The Kier molecular flexibility index (Phi) is 6.12. The molecule has 3 rings (SSSR count). The molecule has 0 radical (unpaired) electrons. The summed E-state index contributed by atoms with van der Waals surface area (Å²) in [7, 11) is 0. The summed E-state index contributed by atoms with van der Waals surface area (Å²) >= 11 is 3.41. The smallest absolute Gasteiger partial charge is 0.120 e. The van der Waals surface area contributed by atoms with Gasteiger partial charge in [-0.3, -0.25) is 0 Å². The van der Waals surface area contributed by atoms with Crippen LogP contribution in [0.3, 0.4) is 0 Å². The topological polar surface area (TPSA) is 34.0 Å². The van der Waals surface area contributed by atoms with Crippen molar-refractivity contribution >= 4 is 28.4 Å². The van der Waals surface area contributed by atoms with E-state index >= 15 is 0 Å². The SMILES string of the molecule is Brc1ccc(/C=N/N=C/c2cccc(OCc3ccccc3)c2)cc1. The summed E-state index contributed by atoms with van der Waals surface area (Å²) in [5.41, 5.74) is 3.08. The largest absolute Gasteiger partial charge is 0.489 e. The van der Waals surface area contributed by atoms with Gasteiger partial charge in [0.2, 0.25) is 0 Å². The second kappa shape index (κ2) is 8.94. The third kappa shape index (κ3) is 5.69. The Hall–Kier alpha value is -2.72. The molecule has 0 atom stereocenters. The second-order valence-corrected chi connectivity index (χ2v) is 6.30. The lowest BCUT2D eigenvalue weighted by molar-refractivity contribution is 0.306. The zero-order valence-corrected chi connectivity index (χ0v) is 15.1. The molecule has 0 aliphatic rings. The van der Waals surface area contributed by atoms with E-state index in [4.69, 9.17) is 4.74 Å². The number of benzene rings is 3. The van der Waals surface area contributed by atoms with Gasteiger partial charge in [0.15, 0.2) is 0 Å². The maximum atomic E-state index is 5.81. The van der Waals surface area contributed by atoms with E-state index in [0.717, 1.165) is 26.9 Å². The maximum Gasteiger partial charge on any atom is 0.120 e. The van der Waals surface area contributed by atoms with Crippen LogP contribution in [0.15, 0.2) is 93.5 Å². The molecule has 0 N–H and O–H groups in total. The van der Waals surface area contributed by atoms with Gasteiger partial charge in [0.25, 0.3) is 0 Å². The first kappa shape index (κ1) is 17.1. The van der Waals surface area contributed by atoms with Gasteiger partial charge < -0.3 is 4.74 Å². The molecule has 0 fully saturated rings. The molecule has 0 heterocycles. The Bertz CT molecular complexity index is 859. The zero-order valence-electron chi connectivity index (χ0n) is 13.5. The number of hydrogen-bond donors (Lipinski definition) is 0. The molecule has 0 aromatic heterocycles. The van der Waals surface area contributed by atoms with Crippen molar-refractivity contribution in [2.75, 3.05) is 0 Å². The van der Waals surface area contributed by atoms with Crippen LogP contribution in [-0.2, 0) is 6.61 Å². The molecule has 0 amide bonds. The lowest BCUT2D eigenvalue weighted by Gasteiger charge is -2.06. The van der Waals surface area contributed by atoms with E-state index in [-0.39, 0.29) is 0 Å². The Morgan fingerprint density at radius 3 is 2.24 bits per heavy atom. The molecule has 3 nitrogen and oxygen atoms in total. The summed E-state index contributed by atoms with van der Waals surface area (Å²) in [4.78, 5) is 0. The molecule has 0 spiro atoms. The van der Waals surface area contributed by atoms with Crippen LogP contribution in [0.5, 0.6) is 5.75 Å². The Morgan fingerprint density at radius 2 is 1.48 bits per heavy atom. The van der Waals surface area contributed by atoms with Gasteiger partial charge in [-0.05, 0) is 41.0 Å². The normalized spacial score (nSPS) is 11.2. The molecule has 124 valence electrons. The van der Waals surface area contributed by atoms with Gasteiger partial charge in [-0.1, -0.05) is 70.5 Å². The van der Waals surface area contributed by atoms with Crippen LogP contribution in [0, 0.1) is 0 Å². The zero-order chi connectivity index (χ0) is 17.3. The molecule has 0 bridgehead atoms. The standard InChI is InChI=1S/C21H17BrN2O/c22-20-11-9-17(10-12-20)14-23-24-15-19-7-4-8-21(13-19)25-16-18-5-2-1-3-6-18/h1-15H,16H2/b23-14+,24-15+. The lowest BCUT2D eigenvalue weighted by Crippen LogP contribution is -1.95. The van der Waals surface area contributed by atoms with Crippen LogP contribution in [0.1, 0.15) is 16.7 Å². The minimum absolute atomic E-state index is 0.545. The molecule has 3 aromatic carbocycles. The molecular formula is C21H17BrN2O. The van der Waals surface area contributed by atoms with Crippen LogP contribution >= 0.6 is 15.9 Å². The number of nitrogens with zero attached hydrogens (tertiary/aromatic N) is 2. The first-order chi connectivity index (χ1) is 12.3. The van der Waals surface area contributed by atoms with Crippen molar-refractivity contribution in [1.82, 2.24) is 0 Å². The third-order valence-electron chi connectivity index (χ3n) is 3.46. The number of hydrogen-bond acceptors (Lipinski definition) is 3. The number of rotatable bonds is 6. The minimum Gasteiger partial charge on any atom is -0.489 e. The van der Waals surface area contributed by atoms with Crippen molar-refractivity contribution in [3.05, 3.63) is 100 Å². The van der Waals surface area contributed by atoms with Gasteiger partial charge >= 0.3 is 0 Å². The molecular weight excluding hydrogens is 376 g/mol. The van der Waals surface area contributed by atoms with Gasteiger partial charge in [-0.2, -0.15) is 10.2 Å². The van der Waals surface area contributed by atoms with E-state index in [2.05, 4.69) is 26.1 Å². The van der Waals surface area contributed by atoms with Gasteiger partial charge in [0.05, 0.1) is 12.4 Å². The molecule has 3 aromatic rings. The highest BCUT2D eigenvalue weighted by Crippen LogP contribution is 2.14. The van der Waals surface area contributed by atoms with Crippen LogP contribution in [0.2, 0.25) is 0 Å². The molecule has 4 heteroatoms. The average molecular weight is 393 g/mol. The highest BCUT2D eigenvalue weighted by Gasteiger charge is 1.96. The summed E-state index contributed by atoms with van der Waals surface area (Å²) in [5, 5.41) is 8.17. The highest BCUT2D eigenvalue weighted by molar-refractivity contribution is 9.10. The van der Waals surface area contributed by atoms with Crippen molar-refractivity contribution in [3.63, 3.8) is 0 Å². The predicted molar refractivity (Wildman–Crippen MR) is 107 cm³/mol. The Morgan fingerprint density at radius 1 is 0.760 bits per heavy atom. The van der Waals surface area contributed by atoms with Crippen LogP contribution < -0.4 is 4.74 Å². The van der Waals surface area contributed by atoms with Gasteiger partial charge in [0.1, 0.15) is 12.4 Å². The minimum atomic E-state index is 0.545. The maximum absolute atomic E-state index is 5.81. The fourth-order valence-electron chi connectivity index (χ4n) is 2.17. The second-order valence-electron chi connectivity index (χ2n) is 5.39. The van der Waals surface area contributed by atoms with Gasteiger partial charge in [-0.25, -0.2) is 0 Å². The van der Waals surface area contributed by atoms with Crippen molar-refractivity contribution in [2.24, 2.45) is 10.2 Å². The Labute approximate surface area is 155 Å². The van der Waals surface area contributed by atoms with Crippen LogP contribution in [0.4, 0.5) is 0 Å². The summed E-state index contributed by atoms with van der Waals surface area (Å²) in [6, 6.07) is 25.8. The number of halogens is 1. The lowest BCUT2D eigenvalue weighted by atomic mass is 10.2. The van der Waals surface area contributed by atoms with Gasteiger partial charge in [-0.15, -0.1) is 0 Å². The first-order valence-corrected chi connectivity index (χ1v) is 8.68. The van der Waals surface area contributed by atoms with Crippen molar-refractivity contribution in [2.45, 2.75) is 6.61 Å². The van der Waals surface area contributed by atoms with Gasteiger partial charge in [0, 0.05) is 4.47 Å². The highest BCUT2D eigenvalue weighted by atomic mass is 79.9. The van der Waals surface area contributed by atoms with E-state index in [9.17, 15) is 0 Å². The van der Waals surface area contributed by atoms with E-state index in [1.165, 1.54) is 0 Å². The summed E-state index contributed by atoms with van der Waals surface area (Å²) < 4.78 is 6.86. The molecule has 0 saturated heterocycles. The monoisotopic (exact) mass is 392 g/mol. The molecule has 0 aliphatic heterocycles. The fourth-order valence-corrected chi connectivity index (χ4v) is 2.44. The van der Waals surface area contributed by atoms with E-state index < -0.39 is 0 Å². The summed E-state index contributed by atoms with van der Waals surface area (Å²) in [6.45, 7) is 0.545. The summed E-state index contributed by atoms with van der Waals surface area (Å²) in [6.07, 6.45) is 3.43. The van der Waals surface area contributed by atoms with Crippen LogP contribution in [-0.4, -0.2) is 12.4 Å². The van der Waals surface area contributed by atoms with E-state index in [1.807, 2.05) is 78.9 Å². The molecule has 25 heavy (non-hydrogen) atoms. The molecule has 0 unspecified atom stereocenters. The first-order valence-electron chi connectivity index (χ1n) is 7.88. The Balaban J connectivity index is 1.58. The van der Waals surface area contributed by atoms with E-state index in [0.29, 0.717) is 6.61 Å². The summed E-state index contributed by atoms with van der Waals surface area (Å²) in [5.74, 6) is 0.810. The quantitative estimate of drug-likeness (QED) is 0.403.